The second-order valence-electron chi connectivity index (χ2n) is 20.7. The normalized spacial score (nSPS) is 12.9. The summed E-state index contributed by atoms with van der Waals surface area (Å²) in [4.78, 5) is 24.5. The van der Waals surface area contributed by atoms with E-state index in [-0.39, 0.29) is 18.5 Å². The van der Waals surface area contributed by atoms with Gasteiger partial charge in [-0.3, -0.25) is 9.59 Å². The van der Waals surface area contributed by atoms with Crippen LogP contribution in [0, 0.1) is 0 Å². The Morgan fingerprint density at radius 2 is 0.754 bits per heavy atom. The number of allylic oxidation sites excluding steroid dienone is 7. The summed E-state index contributed by atoms with van der Waals surface area (Å²) in [6, 6.07) is -0.634. The fraction of sp³-hybridized carbons (Fsp3) is 0.841. The quantitative estimate of drug-likeness (QED) is 0.0321. The molecular formula is C63H117NO5. The molecule has 0 aliphatic rings. The summed E-state index contributed by atoms with van der Waals surface area (Å²) >= 11 is 0. The van der Waals surface area contributed by atoms with Gasteiger partial charge in [0.25, 0.3) is 0 Å². The maximum Gasteiger partial charge on any atom is 0.305 e. The van der Waals surface area contributed by atoms with E-state index >= 15 is 0 Å². The minimum absolute atomic E-state index is 0.00637. The molecule has 0 heterocycles. The van der Waals surface area contributed by atoms with Crippen LogP contribution in [0.2, 0.25) is 0 Å². The zero-order chi connectivity index (χ0) is 50.0. The highest BCUT2D eigenvalue weighted by atomic mass is 16.5. The second kappa shape index (κ2) is 58.4. The van der Waals surface area contributed by atoms with E-state index in [4.69, 9.17) is 4.74 Å². The summed E-state index contributed by atoms with van der Waals surface area (Å²) in [6.07, 6.45) is 74.3. The van der Waals surface area contributed by atoms with Crippen LogP contribution in [0.5, 0.6) is 0 Å². The smallest absolute Gasteiger partial charge is 0.305 e. The number of hydrogen-bond acceptors (Lipinski definition) is 5. The minimum atomic E-state index is -0.850. The molecule has 2 atom stereocenters. The van der Waals surface area contributed by atoms with Crippen LogP contribution in [0.3, 0.4) is 0 Å². The average Bonchev–Trinajstić information content (AvgIpc) is 3.35. The lowest BCUT2D eigenvalue weighted by Crippen LogP contribution is -2.45. The first-order valence-corrected chi connectivity index (χ1v) is 30.4. The van der Waals surface area contributed by atoms with Gasteiger partial charge in [-0.2, -0.15) is 0 Å². The van der Waals surface area contributed by atoms with Gasteiger partial charge in [0.1, 0.15) is 0 Å². The number of aliphatic hydroxyl groups is 2. The Morgan fingerprint density at radius 3 is 1.17 bits per heavy atom. The van der Waals surface area contributed by atoms with Crippen molar-refractivity contribution in [1.29, 1.82) is 0 Å². The van der Waals surface area contributed by atoms with E-state index in [0.717, 1.165) is 57.8 Å². The molecule has 2 unspecified atom stereocenters. The van der Waals surface area contributed by atoms with Crippen molar-refractivity contribution < 1.29 is 24.5 Å². The van der Waals surface area contributed by atoms with E-state index in [2.05, 4.69) is 55.6 Å². The molecule has 0 rings (SSSR count). The summed E-state index contributed by atoms with van der Waals surface area (Å²) in [5, 5.41) is 23.1. The van der Waals surface area contributed by atoms with Crippen LogP contribution in [-0.4, -0.2) is 47.4 Å². The summed E-state index contributed by atoms with van der Waals surface area (Å²) in [5.41, 5.74) is 0. The number of rotatable bonds is 56. The first-order valence-electron chi connectivity index (χ1n) is 30.4. The monoisotopic (exact) mass is 968 g/mol. The SMILES string of the molecule is CCC/C=C\C/C=C\CCCCCCCC(=O)OCCCCCCCCCCCCC/C=C\CCCCCCCCCC(=O)NC(CO)C(O)/C=C/CCCCCCCCCCCCCCCCC. The highest BCUT2D eigenvalue weighted by Crippen LogP contribution is 2.16. The molecule has 69 heavy (non-hydrogen) atoms. The molecule has 3 N–H and O–H groups in total. The van der Waals surface area contributed by atoms with Crippen LogP contribution in [0.15, 0.2) is 48.6 Å². The number of unbranched alkanes of at least 4 members (excludes halogenated alkanes) is 39. The molecule has 0 aromatic carbocycles. The second-order valence-corrected chi connectivity index (χ2v) is 20.7. The molecule has 404 valence electrons. The third-order valence-corrected chi connectivity index (χ3v) is 13.8. The summed E-state index contributed by atoms with van der Waals surface area (Å²) in [5.74, 6) is -0.0806. The van der Waals surface area contributed by atoms with Crippen molar-refractivity contribution in [2.45, 2.75) is 328 Å². The minimum Gasteiger partial charge on any atom is -0.466 e. The van der Waals surface area contributed by atoms with Crippen molar-refractivity contribution >= 4 is 11.9 Å². The molecule has 0 aromatic heterocycles. The topological polar surface area (TPSA) is 95.9 Å². The van der Waals surface area contributed by atoms with Crippen LogP contribution in [0.25, 0.3) is 0 Å². The van der Waals surface area contributed by atoms with Crippen LogP contribution in [0.1, 0.15) is 316 Å². The van der Waals surface area contributed by atoms with E-state index in [9.17, 15) is 19.8 Å². The molecule has 1 amide bonds. The van der Waals surface area contributed by atoms with E-state index < -0.39 is 12.1 Å². The van der Waals surface area contributed by atoms with Crippen LogP contribution in [0.4, 0.5) is 0 Å². The van der Waals surface area contributed by atoms with Crippen molar-refractivity contribution in [3.63, 3.8) is 0 Å². The molecule has 6 nitrogen and oxygen atoms in total. The van der Waals surface area contributed by atoms with Crippen LogP contribution < -0.4 is 5.32 Å². The largest absolute Gasteiger partial charge is 0.466 e. The first kappa shape index (κ1) is 66.8. The van der Waals surface area contributed by atoms with Crippen molar-refractivity contribution in [3.05, 3.63) is 48.6 Å². The number of carbonyl (C=O) groups is 2. The van der Waals surface area contributed by atoms with Gasteiger partial charge >= 0.3 is 5.97 Å². The molecule has 0 aliphatic carbocycles. The zero-order valence-corrected chi connectivity index (χ0v) is 46.0. The first-order chi connectivity index (χ1) is 34.0. The molecule has 0 radical (unpaired) electrons. The van der Waals surface area contributed by atoms with Crippen molar-refractivity contribution in [2.24, 2.45) is 0 Å². The van der Waals surface area contributed by atoms with Crippen LogP contribution >= 0.6 is 0 Å². The summed E-state index contributed by atoms with van der Waals surface area (Å²) < 4.78 is 5.46. The molecule has 0 bridgehead atoms. The van der Waals surface area contributed by atoms with Crippen molar-refractivity contribution in [3.8, 4) is 0 Å². The number of carbonyl (C=O) groups excluding carboxylic acids is 2. The number of nitrogens with one attached hydrogen (secondary N) is 1. The molecular weight excluding hydrogens is 851 g/mol. The van der Waals surface area contributed by atoms with Crippen molar-refractivity contribution in [2.75, 3.05) is 13.2 Å². The summed E-state index contributed by atoms with van der Waals surface area (Å²) in [6.45, 7) is 4.84. The van der Waals surface area contributed by atoms with Gasteiger partial charge in [0.05, 0.1) is 25.4 Å². The van der Waals surface area contributed by atoms with E-state index in [1.54, 1.807) is 6.08 Å². The van der Waals surface area contributed by atoms with Gasteiger partial charge in [-0.05, 0) is 83.5 Å². The Kier molecular flexibility index (Phi) is 56.5. The Morgan fingerprint density at radius 1 is 0.406 bits per heavy atom. The Hall–Kier alpha value is -2.18. The zero-order valence-electron chi connectivity index (χ0n) is 46.0. The van der Waals surface area contributed by atoms with Gasteiger partial charge in [-0.25, -0.2) is 0 Å². The number of hydrogen-bond donors (Lipinski definition) is 3. The van der Waals surface area contributed by atoms with E-state index in [0.29, 0.717) is 19.4 Å². The Balaban J connectivity index is 3.46. The Labute approximate surface area is 429 Å². The lowest BCUT2D eigenvalue weighted by atomic mass is 10.0. The van der Waals surface area contributed by atoms with Gasteiger partial charge in [0.2, 0.25) is 5.91 Å². The highest BCUT2D eigenvalue weighted by Gasteiger charge is 2.18. The van der Waals surface area contributed by atoms with Gasteiger partial charge in [0.15, 0.2) is 0 Å². The maximum absolute atomic E-state index is 12.5. The maximum atomic E-state index is 12.5. The molecule has 0 fully saturated rings. The third kappa shape index (κ3) is 55.0. The van der Waals surface area contributed by atoms with Gasteiger partial charge in [-0.15, -0.1) is 0 Å². The fourth-order valence-corrected chi connectivity index (χ4v) is 9.14. The van der Waals surface area contributed by atoms with Gasteiger partial charge in [0, 0.05) is 12.8 Å². The number of amides is 1. The third-order valence-electron chi connectivity index (χ3n) is 13.8. The molecule has 0 spiro atoms. The van der Waals surface area contributed by atoms with E-state index in [1.807, 2.05) is 6.08 Å². The Bertz CT molecular complexity index is 1160. The van der Waals surface area contributed by atoms with E-state index in [1.165, 1.54) is 231 Å². The van der Waals surface area contributed by atoms with Crippen LogP contribution in [-0.2, 0) is 14.3 Å². The lowest BCUT2D eigenvalue weighted by Gasteiger charge is -2.20. The summed E-state index contributed by atoms with van der Waals surface area (Å²) in [7, 11) is 0. The lowest BCUT2D eigenvalue weighted by molar-refractivity contribution is -0.143. The molecule has 0 saturated heterocycles. The molecule has 0 saturated carbocycles. The highest BCUT2D eigenvalue weighted by molar-refractivity contribution is 5.76. The average molecular weight is 969 g/mol. The number of esters is 1. The van der Waals surface area contributed by atoms with Gasteiger partial charge in [-0.1, -0.05) is 268 Å². The standard InChI is InChI=1S/C63H117NO5/c1-3-5-7-9-11-13-15-17-18-25-28-32-35-39-43-47-51-55-61(66)60(59-65)64-62(67)56-52-48-44-40-36-33-29-26-23-21-19-20-22-24-27-30-34-38-42-46-50-54-58-69-63(68)57-53-49-45-41-37-31-16-14-12-10-8-6-4-2/h8,10,14,16,21,23,51,55,60-61,65-66H,3-7,9,11-13,15,17-20,22,24-50,52-54,56-59H2,1-2H3,(H,64,67)/b10-8-,16-14-,23-21-,55-51+. The molecule has 0 aromatic rings. The molecule has 6 heteroatoms. The number of ether oxygens (including phenoxy) is 1. The fourth-order valence-electron chi connectivity index (χ4n) is 9.14. The number of aliphatic hydroxyl groups excluding tert-OH is 2. The predicted octanol–water partition coefficient (Wildman–Crippen LogP) is 19.0. The van der Waals surface area contributed by atoms with Crippen molar-refractivity contribution in [1.82, 2.24) is 5.32 Å². The molecule has 0 aliphatic heterocycles. The van der Waals surface area contributed by atoms with Gasteiger partial charge < -0.3 is 20.3 Å². The predicted molar refractivity (Wildman–Crippen MR) is 301 cm³/mol.